The van der Waals surface area contributed by atoms with Crippen molar-refractivity contribution in [2.45, 2.75) is 156 Å². The zero-order valence-electron chi connectivity index (χ0n) is 63.3. The molecule has 40 heteroatoms. The predicted octanol–water partition coefficient (Wildman–Crippen LogP) is 6.90. The Hall–Kier alpha value is -13.1. The van der Waals surface area contributed by atoms with Crippen LogP contribution in [0.4, 0.5) is 54.7 Å². The topological polar surface area (TPSA) is 551 Å². The van der Waals surface area contributed by atoms with E-state index in [1.807, 2.05) is 32.6 Å². The van der Waals surface area contributed by atoms with Crippen LogP contribution in [0.5, 0.6) is 0 Å². The maximum atomic E-state index is 14.3. The number of aromatic carboxylic acids is 1. The number of nitrogens with zero attached hydrogens (tertiary/aromatic N) is 3. The van der Waals surface area contributed by atoms with E-state index in [1.165, 1.54) is 83.8 Å². The number of rotatable bonds is 24. The number of carboxylic acids is 2. The van der Waals surface area contributed by atoms with Crippen LogP contribution >= 0.6 is 0 Å². The lowest BCUT2D eigenvalue weighted by atomic mass is 10.1. The Morgan fingerprint density at radius 3 is 0.938 bits per heavy atom. The Bertz CT molecular complexity index is 4160. The summed E-state index contributed by atoms with van der Waals surface area (Å²) in [5, 5.41) is 21.8. The predicted molar refractivity (Wildman–Crippen MR) is 398 cm³/mol. The molecule has 0 unspecified atom stereocenters. The average molecular weight is 1590 g/mol. The van der Waals surface area contributed by atoms with Gasteiger partial charge in [-0.25, -0.2) is 59.3 Å². The summed E-state index contributed by atoms with van der Waals surface area (Å²) in [6.45, 7) is 16.3. The minimum atomic E-state index is -1.29. The van der Waals surface area contributed by atoms with Crippen LogP contribution in [0.25, 0.3) is 0 Å². The molecule has 14 amide bonds. The number of hydrazine groups is 4. The molecule has 0 radical (unpaired) electrons. The largest absolute Gasteiger partial charge is 0.481 e. The molecule has 0 aromatic heterocycles. The molecular formula is C73H93F4N15O21. The fraction of sp³-hybridized carbons (Fsp3) is 0.370. The molecule has 0 spiro atoms. The van der Waals surface area contributed by atoms with Crippen LogP contribution < -0.4 is 66.3 Å². The Kier molecular flexibility index (Phi) is 39.9. The van der Waals surface area contributed by atoms with Gasteiger partial charge in [0, 0.05) is 98.1 Å². The zero-order chi connectivity index (χ0) is 85.5. The van der Waals surface area contributed by atoms with E-state index in [4.69, 9.17) is 47.6 Å². The van der Waals surface area contributed by atoms with E-state index in [9.17, 15) is 94.3 Å². The van der Waals surface area contributed by atoms with Gasteiger partial charge in [-0.2, -0.15) is 0 Å². The van der Waals surface area contributed by atoms with Gasteiger partial charge in [0.1, 0.15) is 40.1 Å². The van der Waals surface area contributed by atoms with Gasteiger partial charge >= 0.3 is 30.2 Å². The fourth-order valence-electron chi connectivity index (χ4n) is 8.91. The number of nitrogens with one attached hydrogen (secondary N) is 8. The summed E-state index contributed by atoms with van der Waals surface area (Å²) in [6, 6.07) is 14.3. The number of unbranched alkanes of at least 4 members (excludes halogenated alkanes) is 6. The van der Waals surface area contributed by atoms with Crippen molar-refractivity contribution >= 4 is 118 Å². The van der Waals surface area contributed by atoms with Gasteiger partial charge in [0.15, 0.2) is 0 Å². The van der Waals surface area contributed by atoms with Crippen molar-refractivity contribution in [2.24, 2.45) is 11.7 Å². The number of benzene rings is 4. The molecule has 18 N–H and O–H groups in total. The van der Waals surface area contributed by atoms with Gasteiger partial charge in [0.05, 0.1) is 22.3 Å². The lowest BCUT2D eigenvalue weighted by molar-refractivity contribution is -0.138. The lowest BCUT2D eigenvalue weighted by Gasteiger charge is -2.19. The molecule has 614 valence electrons. The number of nitrogens with two attached hydrogens (primary N) is 4. The van der Waals surface area contributed by atoms with Crippen LogP contribution in [0.15, 0.2) is 109 Å². The number of anilines is 4. The van der Waals surface area contributed by atoms with E-state index >= 15 is 0 Å². The van der Waals surface area contributed by atoms with Gasteiger partial charge < -0.3 is 46.5 Å². The van der Waals surface area contributed by atoms with Crippen molar-refractivity contribution in [3.8, 4) is 0 Å². The van der Waals surface area contributed by atoms with Crippen LogP contribution in [-0.4, -0.2) is 157 Å². The number of nitrogen functional groups attached to an aromatic ring is 3. The molecule has 0 saturated heterocycles. The Morgan fingerprint density at radius 2 is 0.664 bits per heavy atom. The number of carboxylic acid groups (broad SMARTS) is 2. The second kappa shape index (κ2) is 47.0. The molecule has 0 bridgehead atoms. The second-order valence-corrected chi connectivity index (χ2v) is 26.9. The highest BCUT2D eigenvalue weighted by atomic mass is 19.1. The third-order valence-electron chi connectivity index (χ3n) is 14.0. The maximum Gasteiger partial charge on any atom is 0.426 e. The van der Waals surface area contributed by atoms with Crippen LogP contribution in [-0.2, 0) is 57.4 Å². The van der Waals surface area contributed by atoms with E-state index in [1.54, 1.807) is 62.3 Å². The van der Waals surface area contributed by atoms with Crippen molar-refractivity contribution in [3.63, 3.8) is 0 Å². The van der Waals surface area contributed by atoms with Crippen LogP contribution in [0, 0.1) is 23.3 Å². The summed E-state index contributed by atoms with van der Waals surface area (Å²) in [4.78, 5) is 184. The number of carbonyl (C=O) groups excluding carboxylic acids is 14. The minimum absolute atomic E-state index is 0.139. The fourth-order valence-corrected chi connectivity index (χ4v) is 8.91. The summed E-state index contributed by atoms with van der Waals surface area (Å²) >= 11 is 0. The van der Waals surface area contributed by atoms with Crippen molar-refractivity contribution in [3.05, 3.63) is 155 Å². The summed E-state index contributed by atoms with van der Waals surface area (Å²) in [5.41, 5.74) is 20.1. The maximum absolute atomic E-state index is 14.3. The van der Waals surface area contributed by atoms with Gasteiger partial charge in [-0.05, 0) is 174 Å². The minimum Gasteiger partial charge on any atom is -0.481 e. The van der Waals surface area contributed by atoms with Gasteiger partial charge in [-0.1, -0.05) is 19.3 Å². The standard InChI is InChI=1S/C22H27FN4O6.C17H19FN4O4.C12H16FN3O3.C10H13NO4.C7H6FNO2.C5H12N2O2/c1-22(2,3)33-21(32)26-25-20(31)15-9-8-14(13-16(15)23)24-17(28)7-5-4-6-12-27-18(29)10-11-19(27)30;18-13-10-11(5-6-12(13)17(26)21-19)20-14(23)4-2-1-3-9-22-15(24)7-8-16(22)25;1-12(2,3)19-11(18)16-15-10(17)8-5-4-7(14)6-9(8)13;12-8-5-6-9(13)11(8)7-3-1-2-4-10(14)15;8-6-3-4(9)1-2-5(6)7(10)11;1-5(2,3)9-4(8)7-6/h8-11,13H,4-7,12H2,1-3H3,(H,24,28)(H,25,31)(H,26,32);5-8,10H,1-4,9,19H2,(H,20,23)(H,21,26);4-6H,14H2,1-3H3,(H,15,17)(H,16,18);5-6H,1-4,7H2,(H,14,15);1-3H,9H2,(H,10,11);6H2,1-3H3,(H,7,8). The van der Waals surface area contributed by atoms with Crippen molar-refractivity contribution < 1.29 is 119 Å². The highest BCUT2D eigenvalue weighted by molar-refractivity contribution is 6.14. The summed E-state index contributed by atoms with van der Waals surface area (Å²) in [6.07, 6.45) is 11.1. The zero-order valence-corrected chi connectivity index (χ0v) is 63.3. The molecule has 3 heterocycles. The third-order valence-corrected chi connectivity index (χ3v) is 14.0. The number of carbonyl (C=O) groups is 16. The molecule has 113 heavy (non-hydrogen) atoms. The van der Waals surface area contributed by atoms with E-state index in [-0.39, 0.29) is 112 Å². The summed E-state index contributed by atoms with van der Waals surface area (Å²) in [7, 11) is 0. The molecule has 0 atom stereocenters. The lowest BCUT2D eigenvalue weighted by Crippen LogP contribution is -2.44. The average Bonchev–Trinajstić information content (AvgIpc) is 1.79. The van der Waals surface area contributed by atoms with Gasteiger partial charge in [0.2, 0.25) is 11.8 Å². The van der Waals surface area contributed by atoms with Crippen molar-refractivity contribution in [2.75, 3.05) is 41.7 Å². The highest BCUT2D eigenvalue weighted by Gasteiger charge is 2.26. The monoisotopic (exact) mass is 1590 g/mol. The molecular weight excluding hydrogens is 1500 g/mol. The number of ether oxygens (including phenoxy) is 3. The second-order valence-electron chi connectivity index (χ2n) is 26.9. The smallest absolute Gasteiger partial charge is 0.426 e. The van der Waals surface area contributed by atoms with Crippen LogP contribution in [0.2, 0.25) is 0 Å². The first-order chi connectivity index (χ1) is 52.7. The molecule has 0 saturated carbocycles. The SMILES string of the molecule is CC(C)(C)OC(=O)NN.CC(C)(C)OC(=O)NNC(=O)c1ccc(N)cc1F.CC(C)(C)OC(=O)NNC(=O)c1ccc(NC(=O)CCCCCN2C(=O)C=CC2=O)cc1F.NNC(=O)c1ccc(NC(=O)CCCCCN2C(=O)C=CC2=O)cc1F.Nc1ccc(C(=O)O)c(F)c1.O=C(O)CCCCCN1C(=O)C=CC1=O. The molecule has 3 aliphatic heterocycles. The number of hydrogen-bond acceptors (Lipinski definition) is 23. The Morgan fingerprint density at radius 1 is 0.372 bits per heavy atom. The van der Waals surface area contributed by atoms with Gasteiger partial charge in [0.25, 0.3) is 53.2 Å². The van der Waals surface area contributed by atoms with Crippen molar-refractivity contribution in [1.29, 1.82) is 0 Å². The van der Waals surface area contributed by atoms with E-state index in [0.717, 1.165) is 40.1 Å². The van der Waals surface area contributed by atoms with Gasteiger partial charge in [-0.3, -0.25) is 93.9 Å². The number of aliphatic carboxylic acids is 1. The van der Waals surface area contributed by atoms with E-state index < -0.39 is 88.0 Å². The first kappa shape index (κ1) is 95.9. The quantitative estimate of drug-likeness (QED) is 0.00496. The first-order valence-electron chi connectivity index (χ1n) is 34.4. The molecule has 4 aromatic rings. The van der Waals surface area contributed by atoms with E-state index in [0.29, 0.717) is 77.4 Å². The highest BCUT2D eigenvalue weighted by Crippen LogP contribution is 2.20. The van der Waals surface area contributed by atoms with Crippen molar-refractivity contribution in [1.82, 2.24) is 47.3 Å². The van der Waals surface area contributed by atoms with E-state index in [2.05, 4.69) is 10.6 Å². The molecule has 4 aromatic carbocycles. The molecule has 7 rings (SSSR count). The molecule has 0 fully saturated rings. The number of hydrogen-bond donors (Lipinski definition) is 14. The van der Waals surface area contributed by atoms with Gasteiger partial charge in [-0.15, -0.1) is 0 Å². The third kappa shape index (κ3) is 38.7. The number of imide groups is 3. The normalized spacial score (nSPS) is 12.5. The summed E-state index contributed by atoms with van der Waals surface area (Å²) < 4.78 is 68.7. The molecule has 0 aliphatic carbocycles. The number of amides is 14. The Balaban J connectivity index is 0.000000485. The van der Waals surface area contributed by atoms with Crippen LogP contribution in [0.3, 0.4) is 0 Å². The first-order valence-corrected chi connectivity index (χ1v) is 34.4. The summed E-state index contributed by atoms with van der Waals surface area (Å²) in [5.74, 6) is -0.613. The molecule has 3 aliphatic rings. The Labute approximate surface area is 646 Å². The van der Waals surface area contributed by atoms with Crippen LogP contribution in [0.1, 0.15) is 181 Å². The number of halogens is 4. The molecule has 36 nitrogen and oxygen atoms in total.